The highest BCUT2D eigenvalue weighted by atomic mass is 35.5. The van der Waals surface area contributed by atoms with Gasteiger partial charge in [-0.25, -0.2) is 9.97 Å². The first kappa shape index (κ1) is 21.8. The number of benzene rings is 2. The second-order valence-corrected chi connectivity index (χ2v) is 9.80. The molecule has 2 aromatic carbocycles. The molecule has 0 spiro atoms. The number of piperazine rings is 1. The van der Waals surface area contributed by atoms with Gasteiger partial charge in [0.2, 0.25) is 0 Å². The molecule has 174 valence electrons. The zero-order valence-corrected chi connectivity index (χ0v) is 20.4. The van der Waals surface area contributed by atoms with E-state index >= 15 is 0 Å². The molecule has 0 radical (unpaired) electrons. The van der Waals surface area contributed by atoms with Gasteiger partial charge in [0.15, 0.2) is 5.65 Å². The fourth-order valence-corrected chi connectivity index (χ4v) is 5.50. The van der Waals surface area contributed by atoms with Gasteiger partial charge in [-0.2, -0.15) is 0 Å². The Morgan fingerprint density at radius 2 is 1.74 bits per heavy atom. The summed E-state index contributed by atoms with van der Waals surface area (Å²) in [5.41, 5.74) is 3.93. The number of hydrogen-bond acceptors (Lipinski definition) is 5. The Kier molecular flexibility index (Phi) is 5.72. The van der Waals surface area contributed by atoms with Crippen LogP contribution in [0.15, 0.2) is 84.6 Å². The topological polar surface area (TPSA) is 54.3 Å². The van der Waals surface area contributed by atoms with E-state index in [1.54, 1.807) is 6.33 Å². The molecular formula is C27H22ClN5OS. The van der Waals surface area contributed by atoms with Crippen LogP contribution in [0.25, 0.3) is 27.8 Å². The number of carbonyl (C=O) groups excluding carboxylic acids is 1. The number of aromatic nitrogens is 3. The molecule has 3 aromatic heterocycles. The lowest BCUT2D eigenvalue weighted by molar-refractivity contribution is 0.0751. The molecule has 0 bridgehead atoms. The van der Waals surface area contributed by atoms with E-state index < -0.39 is 0 Å². The molecule has 0 atom stereocenters. The van der Waals surface area contributed by atoms with Crippen molar-refractivity contribution in [3.05, 3.63) is 94.5 Å². The van der Waals surface area contributed by atoms with Gasteiger partial charge in [-0.3, -0.25) is 4.79 Å². The first-order chi connectivity index (χ1) is 17.2. The standard InChI is InChI=1S/C27H22ClN5OS/c28-20-8-4-9-21(16-20)33-17-22(19-6-2-1-3-7-19)24-25(29-18-30-26(24)33)31-11-13-32(14-12-31)27(34)23-10-5-15-35-23/h1-10,15-18H,11-14H2. The number of halogens is 1. The zero-order chi connectivity index (χ0) is 23.8. The van der Waals surface area contributed by atoms with E-state index in [1.165, 1.54) is 11.3 Å². The van der Waals surface area contributed by atoms with Crippen molar-refractivity contribution < 1.29 is 4.79 Å². The van der Waals surface area contributed by atoms with E-state index in [-0.39, 0.29) is 5.91 Å². The van der Waals surface area contributed by atoms with Gasteiger partial charge in [-0.15, -0.1) is 11.3 Å². The molecule has 35 heavy (non-hydrogen) atoms. The molecule has 1 fully saturated rings. The molecule has 0 unspecified atom stereocenters. The molecule has 1 aliphatic rings. The summed E-state index contributed by atoms with van der Waals surface area (Å²) in [4.78, 5) is 27.2. The number of anilines is 1. The van der Waals surface area contributed by atoms with Gasteiger partial charge >= 0.3 is 0 Å². The van der Waals surface area contributed by atoms with Crippen molar-refractivity contribution in [1.29, 1.82) is 0 Å². The number of carbonyl (C=O) groups is 1. The minimum absolute atomic E-state index is 0.101. The number of rotatable bonds is 4. The lowest BCUT2D eigenvalue weighted by atomic mass is 10.1. The van der Waals surface area contributed by atoms with E-state index in [0.29, 0.717) is 31.2 Å². The molecule has 0 N–H and O–H groups in total. The minimum atomic E-state index is 0.101. The minimum Gasteiger partial charge on any atom is -0.352 e. The Bertz CT molecular complexity index is 1490. The lowest BCUT2D eigenvalue weighted by Gasteiger charge is -2.35. The Morgan fingerprint density at radius 1 is 0.914 bits per heavy atom. The molecule has 5 aromatic rings. The van der Waals surface area contributed by atoms with Crippen molar-refractivity contribution in [3.63, 3.8) is 0 Å². The maximum atomic E-state index is 12.8. The third kappa shape index (κ3) is 4.07. The van der Waals surface area contributed by atoms with Crippen molar-refractivity contribution in [3.8, 4) is 16.8 Å². The fourth-order valence-electron chi connectivity index (χ4n) is 4.62. The normalized spacial score (nSPS) is 14.0. The van der Waals surface area contributed by atoms with Crippen molar-refractivity contribution in [2.45, 2.75) is 0 Å². The molecule has 8 heteroatoms. The number of thiophene rings is 1. The highest BCUT2D eigenvalue weighted by Gasteiger charge is 2.26. The van der Waals surface area contributed by atoms with E-state index in [0.717, 1.165) is 38.5 Å². The molecule has 1 amide bonds. The van der Waals surface area contributed by atoms with Gasteiger partial charge in [0.05, 0.1) is 10.3 Å². The summed E-state index contributed by atoms with van der Waals surface area (Å²) in [6, 6.07) is 21.9. The summed E-state index contributed by atoms with van der Waals surface area (Å²) in [5.74, 6) is 0.988. The highest BCUT2D eigenvalue weighted by molar-refractivity contribution is 7.12. The zero-order valence-electron chi connectivity index (χ0n) is 18.8. The predicted molar refractivity (Wildman–Crippen MR) is 142 cm³/mol. The number of nitrogens with zero attached hydrogens (tertiary/aromatic N) is 5. The molecule has 6 nitrogen and oxygen atoms in total. The maximum Gasteiger partial charge on any atom is 0.264 e. The van der Waals surface area contributed by atoms with Crippen molar-refractivity contribution >= 4 is 45.7 Å². The van der Waals surface area contributed by atoms with Crippen LogP contribution in [0.3, 0.4) is 0 Å². The fraction of sp³-hybridized carbons (Fsp3) is 0.148. The van der Waals surface area contributed by atoms with E-state index in [4.69, 9.17) is 16.6 Å². The quantitative estimate of drug-likeness (QED) is 0.315. The number of fused-ring (bicyclic) bond motifs is 1. The van der Waals surface area contributed by atoms with Gasteiger partial charge in [-0.05, 0) is 35.2 Å². The largest absolute Gasteiger partial charge is 0.352 e. The highest BCUT2D eigenvalue weighted by Crippen LogP contribution is 2.37. The average molecular weight is 500 g/mol. The SMILES string of the molecule is O=C(c1cccs1)N1CCN(c2ncnc3c2c(-c2ccccc2)cn3-c2cccc(Cl)c2)CC1. The van der Waals surface area contributed by atoms with E-state index in [9.17, 15) is 4.79 Å². The van der Waals surface area contributed by atoms with E-state index in [2.05, 4.69) is 32.8 Å². The third-order valence-corrected chi connectivity index (χ3v) is 7.43. The van der Waals surface area contributed by atoms with Crippen LogP contribution in [0.2, 0.25) is 5.02 Å². The number of amides is 1. The van der Waals surface area contributed by atoms with Crippen LogP contribution in [-0.4, -0.2) is 51.5 Å². The van der Waals surface area contributed by atoms with Crippen LogP contribution in [0.4, 0.5) is 5.82 Å². The first-order valence-electron chi connectivity index (χ1n) is 11.4. The maximum absolute atomic E-state index is 12.8. The van der Waals surface area contributed by atoms with Crippen LogP contribution in [0.5, 0.6) is 0 Å². The summed E-state index contributed by atoms with van der Waals surface area (Å²) in [6.45, 7) is 2.72. The summed E-state index contributed by atoms with van der Waals surface area (Å²) >= 11 is 7.80. The summed E-state index contributed by atoms with van der Waals surface area (Å²) in [7, 11) is 0. The Hall–Kier alpha value is -3.68. The summed E-state index contributed by atoms with van der Waals surface area (Å²) in [6.07, 6.45) is 3.73. The van der Waals surface area contributed by atoms with Gasteiger partial charge in [0.1, 0.15) is 12.1 Å². The second-order valence-electron chi connectivity index (χ2n) is 8.41. The summed E-state index contributed by atoms with van der Waals surface area (Å²) < 4.78 is 2.07. The van der Waals surface area contributed by atoms with Crippen molar-refractivity contribution in [2.24, 2.45) is 0 Å². The smallest absolute Gasteiger partial charge is 0.264 e. The monoisotopic (exact) mass is 499 g/mol. The first-order valence-corrected chi connectivity index (χ1v) is 12.7. The van der Waals surface area contributed by atoms with Crippen LogP contribution < -0.4 is 4.90 Å². The van der Waals surface area contributed by atoms with Gasteiger partial charge < -0.3 is 14.4 Å². The Balaban J connectivity index is 1.41. The summed E-state index contributed by atoms with van der Waals surface area (Å²) in [5, 5.41) is 3.61. The predicted octanol–water partition coefficient (Wildman–Crippen LogP) is 5.76. The molecule has 0 aliphatic carbocycles. The molecule has 4 heterocycles. The lowest BCUT2D eigenvalue weighted by Crippen LogP contribution is -2.49. The molecule has 6 rings (SSSR count). The van der Waals surface area contributed by atoms with Gasteiger partial charge in [0.25, 0.3) is 5.91 Å². The van der Waals surface area contributed by atoms with Crippen molar-refractivity contribution in [1.82, 2.24) is 19.4 Å². The van der Waals surface area contributed by atoms with Crippen LogP contribution in [-0.2, 0) is 0 Å². The van der Waals surface area contributed by atoms with Gasteiger partial charge in [0, 0.05) is 48.6 Å². The number of hydrogen-bond donors (Lipinski definition) is 0. The Morgan fingerprint density at radius 3 is 2.49 bits per heavy atom. The molecular weight excluding hydrogens is 478 g/mol. The molecule has 0 saturated carbocycles. The van der Waals surface area contributed by atoms with Crippen LogP contribution in [0, 0.1) is 0 Å². The second kappa shape index (κ2) is 9.17. The molecule has 1 saturated heterocycles. The average Bonchev–Trinajstić information content (AvgIpc) is 3.58. The third-order valence-electron chi connectivity index (χ3n) is 6.33. The Labute approximate surface area is 212 Å². The van der Waals surface area contributed by atoms with Crippen LogP contribution >= 0.6 is 22.9 Å². The van der Waals surface area contributed by atoms with Gasteiger partial charge in [-0.1, -0.05) is 54.1 Å². The molecule has 1 aliphatic heterocycles. The van der Waals surface area contributed by atoms with Crippen LogP contribution in [0.1, 0.15) is 9.67 Å². The van der Waals surface area contributed by atoms with E-state index in [1.807, 2.05) is 64.9 Å². The van der Waals surface area contributed by atoms with Crippen molar-refractivity contribution in [2.75, 3.05) is 31.1 Å².